The van der Waals surface area contributed by atoms with Crippen molar-refractivity contribution >= 4 is 25.8 Å². The van der Waals surface area contributed by atoms with E-state index in [1.165, 1.54) is 0 Å². The SMILES string of the molecule is CCS(=O)(=O)CCCC(NC)c1cccc(Br)c1F. The molecule has 1 rings (SSSR count). The van der Waals surface area contributed by atoms with Crippen molar-refractivity contribution < 1.29 is 12.8 Å². The number of benzene rings is 1. The lowest BCUT2D eigenvalue weighted by molar-refractivity contribution is 0.500. The zero-order valence-corrected chi connectivity index (χ0v) is 13.5. The monoisotopic (exact) mass is 351 g/mol. The standard InChI is InChI=1S/C13H19BrFNO2S/c1-3-19(17,18)9-5-8-12(16-2)10-6-4-7-11(14)13(10)15/h4,6-7,12,16H,3,5,8-9H2,1-2H3. The third-order valence-electron chi connectivity index (χ3n) is 3.09. The molecule has 6 heteroatoms. The molecule has 19 heavy (non-hydrogen) atoms. The molecule has 0 saturated carbocycles. The molecule has 0 fully saturated rings. The van der Waals surface area contributed by atoms with Crippen molar-refractivity contribution in [3.05, 3.63) is 34.1 Å². The molecule has 0 heterocycles. The Kier molecular flexibility index (Phi) is 6.42. The fourth-order valence-electron chi connectivity index (χ4n) is 1.90. The molecule has 1 aromatic rings. The van der Waals surface area contributed by atoms with Gasteiger partial charge >= 0.3 is 0 Å². The molecule has 0 bridgehead atoms. The molecule has 1 aromatic carbocycles. The molecule has 0 aliphatic heterocycles. The second kappa shape index (κ2) is 7.36. The van der Waals surface area contributed by atoms with Gasteiger partial charge in [0.25, 0.3) is 0 Å². The van der Waals surface area contributed by atoms with Crippen LogP contribution in [0.4, 0.5) is 4.39 Å². The van der Waals surface area contributed by atoms with E-state index in [-0.39, 0.29) is 23.4 Å². The van der Waals surface area contributed by atoms with Gasteiger partial charge < -0.3 is 5.32 Å². The molecule has 0 aliphatic rings. The fourth-order valence-corrected chi connectivity index (χ4v) is 3.17. The maximum atomic E-state index is 14.0. The Labute approximate surface area is 122 Å². The average molecular weight is 352 g/mol. The zero-order chi connectivity index (χ0) is 14.5. The predicted molar refractivity (Wildman–Crippen MR) is 79.5 cm³/mol. The van der Waals surface area contributed by atoms with Gasteiger partial charge in [-0.25, -0.2) is 12.8 Å². The van der Waals surface area contributed by atoms with Crippen LogP contribution in [-0.2, 0) is 9.84 Å². The smallest absolute Gasteiger partial charge is 0.150 e. The highest BCUT2D eigenvalue weighted by atomic mass is 79.9. The van der Waals surface area contributed by atoms with Crippen molar-refractivity contribution in [2.24, 2.45) is 0 Å². The van der Waals surface area contributed by atoms with Crippen molar-refractivity contribution in [1.82, 2.24) is 5.32 Å². The topological polar surface area (TPSA) is 46.2 Å². The number of nitrogens with one attached hydrogen (secondary N) is 1. The van der Waals surface area contributed by atoms with Crippen LogP contribution < -0.4 is 5.32 Å². The average Bonchev–Trinajstić information content (AvgIpc) is 2.38. The van der Waals surface area contributed by atoms with E-state index in [4.69, 9.17) is 0 Å². The summed E-state index contributed by atoms with van der Waals surface area (Å²) in [6.45, 7) is 1.64. The van der Waals surface area contributed by atoms with Gasteiger partial charge in [-0.3, -0.25) is 0 Å². The van der Waals surface area contributed by atoms with Crippen molar-refractivity contribution in [1.29, 1.82) is 0 Å². The lowest BCUT2D eigenvalue weighted by atomic mass is 10.0. The third kappa shape index (κ3) is 4.85. The van der Waals surface area contributed by atoms with Gasteiger partial charge in [-0.05, 0) is 41.9 Å². The van der Waals surface area contributed by atoms with Crippen LogP contribution in [0, 0.1) is 5.82 Å². The number of sulfone groups is 1. The van der Waals surface area contributed by atoms with Gasteiger partial charge in [0, 0.05) is 17.4 Å². The van der Waals surface area contributed by atoms with Crippen LogP contribution in [0.1, 0.15) is 31.4 Å². The number of hydrogen-bond acceptors (Lipinski definition) is 3. The van der Waals surface area contributed by atoms with Crippen LogP contribution in [0.5, 0.6) is 0 Å². The van der Waals surface area contributed by atoms with Gasteiger partial charge in [0.05, 0.1) is 10.2 Å². The molecule has 0 saturated heterocycles. The Morgan fingerprint density at radius 2 is 2.11 bits per heavy atom. The highest BCUT2D eigenvalue weighted by Crippen LogP contribution is 2.26. The summed E-state index contributed by atoms with van der Waals surface area (Å²) >= 11 is 3.16. The predicted octanol–water partition coefficient (Wildman–Crippen LogP) is 3.06. The molecule has 0 radical (unpaired) electrons. The van der Waals surface area contributed by atoms with E-state index in [0.29, 0.717) is 22.9 Å². The number of hydrogen-bond donors (Lipinski definition) is 1. The Bertz CT molecular complexity index is 519. The highest BCUT2D eigenvalue weighted by Gasteiger charge is 2.16. The zero-order valence-electron chi connectivity index (χ0n) is 11.1. The summed E-state index contributed by atoms with van der Waals surface area (Å²) in [5, 5.41) is 3.04. The van der Waals surface area contributed by atoms with E-state index in [1.54, 1.807) is 32.2 Å². The van der Waals surface area contributed by atoms with Crippen molar-refractivity contribution in [2.45, 2.75) is 25.8 Å². The van der Waals surface area contributed by atoms with Crippen LogP contribution in [0.3, 0.4) is 0 Å². The van der Waals surface area contributed by atoms with E-state index in [1.807, 2.05) is 0 Å². The third-order valence-corrected chi connectivity index (χ3v) is 5.50. The number of rotatable bonds is 7. The largest absolute Gasteiger partial charge is 0.313 e. The summed E-state index contributed by atoms with van der Waals surface area (Å²) in [5.41, 5.74) is 0.561. The lowest BCUT2D eigenvalue weighted by Crippen LogP contribution is -2.19. The van der Waals surface area contributed by atoms with Gasteiger partial charge in [-0.15, -0.1) is 0 Å². The molecular weight excluding hydrogens is 333 g/mol. The van der Waals surface area contributed by atoms with Crippen LogP contribution in [-0.4, -0.2) is 27.0 Å². The first-order chi connectivity index (χ1) is 8.91. The molecule has 3 nitrogen and oxygen atoms in total. The Balaban J connectivity index is 2.71. The minimum atomic E-state index is -2.95. The van der Waals surface area contributed by atoms with Gasteiger partial charge in [-0.1, -0.05) is 19.1 Å². The van der Waals surface area contributed by atoms with E-state index < -0.39 is 9.84 Å². The van der Waals surface area contributed by atoms with Crippen LogP contribution in [0.25, 0.3) is 0 Å². The van der Waals surface area contributed by atoms with E-state index >= 15 is 0 Å². The molecule has 1 unspecified atom stereocenters. The van der Waals surface area contributed by atoms with Gasteiger partial charge in [0.15, 0.2) is 0 Å². The molecule has 108 valence electrons. The molecule has 1 atom stereocenters. The maximum absolute atomic E-state index is 14.0. The second-order valence-electron chi connectivity index (χ2n) is 4.36. The van der Waals surface area contributed by atoms with E-state index in [9.17, 15) is 12.8 Å². The normalized spacial score (nSPS) is 13.5. The maximum Gasteiger partial charge on any atom is 0.150 e. The first-order valence-electron chi connectivity index (χ1n) is 6.23. The molecule has 0 amide bonds. The minimum absolute atomic E-state index is 0.150. The number of halogens is 2. The van der Waals surface area contributed by atoms with Gasteiger partial charge in [-0.2, -0.15) is 0 Å². The summed E-state index contributed by atoms with van der Waals surface area (Å²) in [5.74, 6) is 0.0138. The van der Waals surface area contributed by atoms with E-state index in [2.05, 4.69) is 21.2 Å². The summed E-state index contributed by atoms with van der Waals surface area (Å²) in [6, 6.07) is 4.96. The van der Waals surface area contributed by atoms with E-state index in [0.717, 1.165) is 0 Å². The molecule has 1 N–H and O–H groups in total. The van der Waals surface area contributed by atoms with Crippen LogP contribution >= 0.6 is 15.9 Å². The first kappa shape index (κ1) is 16.6. The van der Waals surface area contributed by atoms with Crippen molar-refractivity contribution in [3.63, 3.8) is 0 Å². The minimum Gasteiger partial charge on any atom is -0.313 e. The highest BCUT2D eigenvalue weighted by molar-refractivity contribution is 9.10. The summed E-state index contributed by atoms with van der Waals surface area (Å²) in [7, 11) is -1.21. The Morgan fingerprint density at radius 1 is 1.42 bits per heavy atom. The lowest BCUT2D eigenvalue weighted by Gasteiger charge is -2.17. The Hall–Kier alpha value is -0.460. The van der Waals surface area contributed by atoms with Crippen LogP contribution in [0.15, 0.2) is 22.7 Å². The van der Waals surface area contributed by atoms with Gasteiger partial charge in [0.1, 0.15) is 15.7 Å². The molecular formula is C13H19BrFNO2S. The first-order valence-corrected chi connectivity index (χ1v) is 8.84. The summed E-state index contributed by atoms with van der Waals surface area (Å²) in [4.78, 5) is 0. The molecule has 0 aliphatic carbocycles. The molecule has 0 spiro atoms. The Morgan fingerprint density at radius 3 is 2.68 bits per heavy atom. The van der Waals surface area contributed by atoms with Crippen molar-refractivity contribution in [3.8, 4) is 0 Å². The fraction of sp³-hybridized carbons (Fsp3) is 0.538. The summed E-state index contributed by atoms with van der Waals surface area (Å²) in [6.07, 6.45) is 1.11. The second-order valence-corrected chi connectivity index (χ2v) is 7.69. The summed E-state index contributed by atoms with van der Waals surface area (Å²) < 4.78 is 37.2. The van der Waals surface area contributed by atoms with Gasteiger partial charge in [0.2, 0.25) is 0 Å². The quantitative estimate of drug-likeness (QED) is 0.820. The van der Waals surface area contributed by atoms with Crippen LogP contribution in [0.2, 0.25) is 0 Å². The van der Waals surface area contributed by atoms with Crippen molar-refractivity contribution in [2.75, 3.05) is 18.6 Å². The molecule has 0 aromatic heterocycles.